The summed E-state index contributed by atoms with van der Waals surface area (Å²) in [4.78, 5) is 0. The third-order valence-corrected chi connectivity index (χ3v) is 4.38. The Labute approximate surface area is 167 Å². The molecule has 0 amide bonds. The van der Waals surface area contributed by atoms with Crippen molar-refractivity contribution in [3.63, 3.8) is 0 Å². The molecule has 0 bridgehead atoms. The maximum Gasteiger partial charge on any atom is 0.426 e. The second-order valence-electron chi connectivity index (χ2n) is 6.45. The fraction of sp³-hybridized carbons (Fsp3) is 0.273. The zero-order valence-electron chi connectivity index (χ0n) is 15.3. The van der Waals surface area contributed by atoms with Gasteiger partial charge in [0.15, 0.2) is 11.6 Å². The minimum Gasteiger partial charge on any atom is -0.454 e. The first-order chi connectivity index (χ1) is 13.3. The van der Waals surface area contributed by atoms with Gasteiger partial charge in [-0.15, -0.1) is 0 Å². The van der Waals surface area contributed by atoms with Gasteiger partial charge in [-0.05, 0) is 61.1 Å². The minimum absolute atomic E-state index is 0.0921. The van der Waals surface area contributed by atoms with E-state index in [1.165, 1.54) is 12.1 Å². The monoisotopic (exact) mass is 412 g/mol. The second kappa shape index (κ2) is 10.3. The van der Waals surface area contributed by atoms with Crippen molar-refractivity contribution in [2.75, 3.05) is 0 Å². The van der Waals surface area contributed by atoms with Crippen LogP contribution in [0.25, 0.3) is 0 Å². The molecule has 0 saturated carbocycles. The summed E-state index contributed by atoms with van der Waals surface area (Å²) < 4.78 is 56.4. The lowest BCUT2D eigenvalue weighted by Gasteiger charge is -2.10. The Morgan fingerprint density at radius 2 is 1.86 bits per heavy atom. The van der Waals surface area contributed by atoms with Crippen LogP contribution in [0.3, 0.4) is 0 Å². The molecule has 0 aliphatic rings. The molecule has 0 N–H and O–H groups in total. The van der Waals surface area contributed by atoms with Crippen LogP contribution in [0, 0.1) is 11.7 Å². The number of hydrogen-bond acceptors (Lipinski definition) is 1. The molecule has 0 aliphatic carbocycles. The molecular formula is C22H21ClF4O. The lowest BCUT2D eigenvalue weighted by atomic mass is 10.0. The summed E-state index contributed by atoms with van der Waals surface area (Å²) in [6, 6.07) is 13.7. The first-order valence-electron chi connectivity index (χ1n) is 8.88. The average Bonchev–Trinajstić information content (AvgIpc) is 2.64. The van der Waals surface area contributed by atoms with E-state index >= 15 is 0 Å². The van der Waals surface area contributed by atoms with Crippen molar-refractivity contribution in [2.24, 2.45) is 5.92 Å². The maximum atomic E-state index is 14.0. The Hall–Kier alpha value is -2.27. The molecule has 0 aromatic heterocycles. The van der Waals surface area contributed by atoms with Crippen LogP contribution in [-0.4, -0.2) is 6.18 Å². The number of ether oxygens (including phenoxy) is 1. The Kier molecular flexibility index (Phi) is 8.12. The number of halogens is 5. The average molecular weight is 413 g/mol. The van der Waals surface area contributed by atoms with Gasteiger partial charge in [-0.2, -0.15) is 13.2 Å². The Balaban J connectivity index is 1.86. The maximum absolute atomic E-state index is 14.0. The first kappa shape index (κ1) is 22.0. The van der Waals surface area contributed by atoms with Gasteiger partial charge in [-0.3, -0.25) is 0 Å². The van der Waals surface area contributed by atoms with E-state index in [0.717, 1.165) is 24.5 Å². The highest BCUT2D eigenvalue weighted by Crippen LogP contribution is 2.29. The van der Waals surface area contributed by atoms with E-state index in [9.17, 15) is 17.6 Å². The molecule has 0 heterocycles. The van der Waals surface area contributed by atoms with E-state index in [-0.39, 0.29) is 11.7 Å². The molecule has 2 aromatic carbocycles. The smallest absolute Gasteiger partial charge is 0.426 e. The van der Waals surface area contributed by atoms with Gasteiger partial charge in [0.05, 0.1) is 0 Å². The normalized spacial score (nSPS) is 13.7. The number of benzene rings is 2. The van der Waals surface area contributed by atoms with Crippen molar-refractivity contribution in [3.05, 3.63) is 83.2 Å². The van der Waals surface area contributed by atoms with Crippen LogP contribution in [0.15, 0.2) is 71.8 Å². The molecule has 1 atom stereocenters. The Morgan fingerprint density at radius 3 is 2.54 bits per heavy atom. The van der Waals surface area contributed by atoms with Crippen LogP contribution in [0.4, 0.5) is 17.6 Å². The molecule has 2 aromatic rings. The van der Waals surface area contributed by atoms with Crippen molar-refractivity contribution in [2.45, 2.75) is 32.4 Å². The highest BCUT2D eigenvalue weighted by molar-refractivity contribution is 6.30. The largest absolute Gasteiger partial charge is 0.454 e. The minimum atomic E-state index is -4.52. The van der Waals surface area contributed by atoms with Crippen molar-refractivity contribution >= 4 is 11.6 Å². The van der Waals surface area contributed by atoms with Gasteiger partial charge in [0.2, 0.25) is 0 Å². The zero-order chi connectivity index (χ0) is 20.6. The van der Waals surface area contributed by atoms with Crippen LogP contribution in [0.5, 0.6) is 11.5 Å². The number of allylic oxidation sites excluding steroid dienone is 4. The Morgan fingerprint density at radius 1 is 1.14 bits per heavy atom. The molecule has 150 valence electrons. The summed E-state index contributed by atoms with van der Waals surface area (Å²) in [5, 5.41) is -1.15. The van der Waals surface area contributed by atoms with Crippen LogP contribution in [0.2, 0.25) is 0 Å². The van der Waals surface area contributed by atoms with Crippen LogP contribution in [0.1, 0.15) is 25.3 Å². The van der Waals surface area contributed by atoms with Gasteiger partial charge in [0.1, 0.15) is 10.8 Å². The van der Waals surface area contributed by atoms with Gasteiger partial charge in [0.25, 0.3) is 0 Å². The summed E-state index contributed by atoms with van der Waals surface area (Å²) in [5.74, 6) is 0.387. The van der Waals surface area contributed by atoms with Crippen molar-refractivity contribution in [1.82, 2.24) is 0 Å². The number of hydrogen-bond donors (Lipinski definition) is 0. The van der Waals surface area contributed by atoms with Crippen LogP contribution >= 0.6 is 11.6 Å². The van der Waals surface area contributed by atoms with Gasteiger partial charge < -0.3 is 4.74 Å². The fourth-order valence-corrected chi connectivity index (χ4v) is 2.62. The predicted molar refractivity (Wildman–Crippen MR) is 104 cm³/mol. The summed E-state index contributed by atoms with van der Waals surface area (Å²) in [5.41, 5.74) is 0.934. The molecule has 0 saturated heterocycles. The number of rotatable bonds is 8. The van der Waals surface area contributed by atoms with E-state index in [1.54, 1.807) is 30.3 Å². The van der Waals surface area contributed by atoms with E-state index in [4.69, 9.17) is 16.3 Å². The summed E-state index contributed by atoms with van der Waals surface area (Å²) >= 11 is 5.15. The number of para-hydroxylation sites is 1. The quantitative estimate of drug-likeness (QED) is 0.317. The molecule has 1 unspecified atom stereocenters. The van der Waals surface area contributed by atoms with Gasteiger partial charge in [0, 0.05) is 0 Å². The number of alkyl halides is 3. The lowest BCUT2D eigenvalue weighted by Crippen LogP contribution is -2.06. The standard InChI is InChI=1S/C22H21ClF4O/c1-16(8-6-12-21(23)22(25,26)27)7-5-9-17-13-14-19(24)20(15-17)28-18-10-3-2-4-11-18/h2-4,6,8,10-16H,5,7,9H2,1H3. The zero-order valence-corrected chi connectivity index (χ0v) is 16.1. The summed E-state index contributed by atoms with van der Waals surface area (Å²) in [7, 11) is 0. The van der Waals surface area contributed by atoms with Crippen LogP contribution in [-0.2, 0) is 6.42 Å². The Bertz CT molecular complexity index is 813. The van der Waals surface area contributed by atoms with E-state index in [2.05, 4.69) is 0 Å². The summed E-state index contributed by atoms with van der Waals surface area (Å²) in [6.07, 6.45) is 1.64. The summed E-state index contributed by atoms with van der Waals surface area (Å²) in [6.45, 7) is 1.92. The van der Waals surface area contributed by atoms with Gasteiger partial charge in [-0.25, -0.2) is 4.39 Å². The van der Waals surface area contributed by atoms with Gasteiger partial charge >= 0.3 is 6.18 Å². The number of aryl methyl sites for hydroxylation is 1. The molecule has 2 rings (SSSR count). The van der Waals surface area contributed by atoms with Crippen molar-refractivity contribution in [1.29, 1.82) is 0 Å². The van der Waals surface area contributed by atoms with Crippen molar-refractivity contribution in [3.8, 4) is 11.5 Å². The third kappa shape index (κ3) is 7.39. The molecule has 0 fully saturated rings. The third-order valence-electron chi connectivity index (χ3n) is 4.04. The molecule has 1 nitrogen and oxygen atoms in total. The first-order valence-corrected chi connectivity index (χ1v) is 9.26. The van der Waals surface area contributed by atoms with Gasteiger partial charge in [-0.1, -0.05) is 54.9 Å². The van der Waals surface area contributed by atoms with Crippen molar-refractivity contribution < 1.29 is 22.3 Å². The highest BCUT2D eigenvalue weighted by Gasteiger charge is 2.31. The molecule has 0 aliphatic heterocycles. The molecule has 0 spiro atoms. The lowest BCUT2D eigenvalue weighted by molar-refractivity contribution is -0.0845. The van der Waals surface area contributed by atoms with E-state index < -0.39 is 17.0 Å². The van der Waals surface area contributed by atoms with E-state index in [1.807, 2.05) is 25.1 Å². The predicted octanol–water partition coefficient (Wildman–Crippen LogP) is 7.82. The topological polar surface area (TPSA) is 9.23 Å². The fourth-order valence-electron chi connectivity index (χ4n) is 2.55. The SMILES string of the molecule is CC(C=CC=C(Cl)C(F)(F)F)CCCc1ccc(F)c(Oc2ccccc2)c1. The molecule has 6 heteroatoms. The molecule has 0 radical (unpaired) electrons. The highest BCUT2D eigenvalue weighted by atomic mass is 35.5. The van der Waals surface area contributed by atoms with Crippen LogP contribution < -0.4 is 4.74 Å². The van der Waals surface area contributed by atoms with E-state index in [0.29, 0.717) is 12.2 Å². The molecular weight excluding hydrogens is 392 g/mol. The second-order valence-corrected chi connectivity index (χ2v) is 6.85. The molecule has 28 heavy (non-hydrogen) atoms.